The monoisotopic (exact) mass is 441 g/mol. The summed E-state index contributed by atoms with van der Waals surface area (Å²) < 4.78 is 6.53. The zero-order valence-corrected chi connectivity index (χ0v) is 19.0. The van der Waals surface area contributed by atoms with Gasteiger partial charge in [-0.05, 0) is 37.8 Å². The highest BCUT2D eigenvalue weighted by atomic mass is 32.1. The molecule has 0 aliphatic rings. The Kier molecular flexibility index (Phi) is 7.22. The van der Waals surface area contributed by atoms with Gasteiger partial charge in [0.1, 0.15) is 10.9 Å². The van der Waals surface area contributed by atoms with Crippen LogP contribution in [0.15, 0.2) is 34.7 Å². The van der Waals surface area contributed by atoms with Crippen LogP contribution in [0.3, 0.4) is 0 Å². The number of ether oxygens (including phenoxy) is 1. The lowest BCUT2D eigenvalue weighted by atomic mass is 10.1. The molecule has 0 saturated carbocycles. The van der Waals surface area contributed by atoms with Gasteiger partial charge in [0.25, 0.3) is 5.56 Å². The lowest BCUT2D eigenvalue weighted by Crippen LogP contribution is -2.32. The second-order valence-corrected chi connectivity index (χ2v) is 8.26. The van der Waals surface area contributed by atoms with Gasteiger partial charge in [0.15, 0.2) is 0 Å². The topological polar surface area (TPSA) is 90.3 Å². The fraction of sp³-hybridized carbons (Fsp3) is 0.391. The molecule has 2 heterocycles. The maximum Gasteiger partial charge on any atom is 0.339 e. The Labute approximate surface area is 185 Å². The Balaban J connectivity index is 1.91. The lowest BCUT2D eigenvalue weighted by Gasteiger charge is -2.18. The standard InChI is InChI=1S/C23H27N3O4S/c1-5-7-11-30-23(29)17-12-31-21-18(17)22(28)26(13-24-21)15(4)20(27)25-19-14(3)9-8-10-16(19)6-2/h8-10,12-13,15H,5-7,11H2,1-4H3,(H,25,27). The molecule has 1 unspecified atom stereocenters. The van der Waals surface area contributed by atoms with Crippen LogP contribution in [0.4, 0.5) is 5.69 Å². The van der Waals surface area contributed by atoms with Crippen molar-refractivity contribution in [3.63, 3.8) is 0 Å². The molecule has 3 rings (SSSR count). The smallest absolute Gasteiger partial charge is 0.339 e. The van der Waals surface area contributed by atoms with Crippen LogP contribution in [0.5, 0.6) is 0 Å². The number of carbonyl (C=O) groups excluding carboxylic acids is 2. The third-order valence-electron chi connectivity index (χ3n) is 5.26. The molecule has 1 amide bonds. The van der Waals surface area contributed by atoms with Crippen molar-refractivity contribution < 1.29 is 14.3 Å². The summed E-state index contributed by atoms with van der Waals surface area (Å²) in [5, 5.41) is 4.73. The Morgan fingerprint density at radius 2 is 2.06 bits per heavy atom. The van der Waals surface area contributed by atoms with Gasteiger partial charge in [-0.1, -0.05) is 38.5 Å². The van der Waals surface area contributed by atoms with Crippen LogP contribution >= 0.6 is 11.3 Å². The van der Waals surface area contributed by atoms with E-state index >= 15 is 0 Å². The average molecular weight is 442 g/mol. The number of aryl methyl sites for hydroxylation is 2. The second kappa shape index (κ2) is 9.87. The van der Waals surface area contributed by atoms with E-state index in [0.717, 1.165) is 36.1 Å². The summed E-state index contributed by atoms with van der Waals surface area (Å²) in [4.78, 5) is 43.3. The predicted molar refractivity (Wildman–Crippen MR) is 123 cm³/mol. The zero-order valence-electron chi connectivity index (χ0n) is 18.2. The number of carbonyl (C=O) groups is 2. The van der Waals surface area contributed by atoms with Crippen molar-refractivity contribution in [2.24, 2.45) is 0 Å². The van der Waals surface area contributed by atoms with Crippen molar-refractivity contribution in [1.82, 2.24) is 9.55 Å². The first kappa shape index (κ1) is 22.7. The van der Waals surface area contributed by atoms with E-state index < -0.39 is 17.6 Å². The van der Waals surface area contributed by atoms with Crippen LogP contribution in [0.1, 0.15) is 61.1 Å². The third-order valence-corrected chi connectivity index (χ3v) is 6.14. The molecule has 0 fully saturated rings. The number of esters is 1. The van der Waals surface area contributed by atoms with Crippen LogP contribution in [-0.4, -0.2) is 28.0 Å². The molecule has 0 aliphatic heterocycles. The van der Waals surface area contributed by atoms with E-state index in [1.807, 2.05) is 39.0 Å². The highest BCUT2D eigenvalue weighted by Gasteiger charge is 2.23. The number of para-hydroxylation sites is 1. The van der Waals surface area contributed by atoms with Crippen LogP contribution in [-0.2, 0) is 16.0 Å². The van der Waals surface area contributed by atoms with Gasteiger partial charge in [-0.25, -0.2) is 9.78 Å². The molecular formula is C23H27N3O4S. The summed E-state index contributed by atoms with van der Waals surface area (Å²) in [6, 6.07) is 5.04. The number of hydrogen-bond donors (Lipinski definition) is 1. The van der Waals surface area contributed by atoms with Gasteiger partial charge in [-0.15, -0.1) is 11.3 Å². The van der Waals surface area contributed by atoms with Gasteiger partial charge in [-0.2, -0.15) is 0 Å². The van der Waals surface area contributed by atoms with E-state index in [1.54, 1.807) is 12.3 Å². The summed E-state index contributed by atoms with van der Waals surface area (Å²) in [5.41, 5.74) is 2.51. The number of benzene rings is 1. The highest BCUT2D eigenvalue weighted by Crippen LogP contribution is 2.24. The van der Waals surface area contributed by atoms with Crippen molar-refractivity contribution >= 4 is 39.1 Å². The number of hydrogen-bond acceptors (Lipinski definition) is 6. The predicted octanol–water partition coefficient (Wildman–Crippen LogP) is 4.49. The van der Waals surface area contributed by atoms with Crippen LogP contribution in [0.25, 0.3) is 10.2 Å². The number of amides is 1. The van der Waals surface area contributed by atoms with Crippen molar-refractivity contribution in [3.8, 4) is 0 Å². The molecule has 164 valence electrons. The number of anilines is 1. The highest BCUT2D eigenvalue weighted by molar-refractivity contribution is 7.17. The minimum atomic E-state index is -0.808. The average Bonchev–Trinajstić information content (AvgIpc) is 3.20. The minimum absolute atomic E-state index is 0.193. The van der Waals surface area contributed by atoms with E-state index in [4.69, 9.17) is 4.74 Å². The van der Waals surface area contributed by atoms with Gasteiger partial charge in [0, 0.05) is 11.1 Å². The van der Waals surface area contributed by atoms with Crippen LogP contribution < -0.4 is 10.9 Å². The van der Waals surface area contributed by atoms with Gasteiger partial charge in [0.2, 0.25) is 5.91 Å². The zero-order chi connectivity index (χ0) is 22.5. The lowest BCUT2D eigenvalue weighted by molar-refractivity contribution is -0.118. The third kappa shape index (κ3) is 4.69. The molecule has 8 heteroatoms. The van der Waals surface area contributed by atoms with E-state index in [0.29, 0.717) is 11.4 Å². The maximum absolute atomic E-state index is 13.2. The molecule has 1 N–H and O–H groups in total. The van der Waals surface area contributed by atoms with Crippen LogP contribution in [0, 0.1) is 6.92 Å². The van der Waals surface area contributed by atoms with Gasteiger partial charge in [0.05, 0.1) is 23.9 Å². The maximum atomic E-state index is 13.2. The Morgan fingerprint density at radius 3 is 2.77 bits per heavy atom. The SMILES string of the molecule is CCCCOC(=O)c1csc2ncn(C(C)C(=O)Nc3c(C)cccc3CC)c(=O)c12. The Morgan fingerprint density at radius 1 is 1.29 bits per heavy atom. The molecule has 0 aliphatic carbocycles. The molecule has 1 atom stereocenters. The summed E-state index contributed by atoms with van der Waals surface area (Å²) in [6.45, 7) is 7.90. The van der Waals surface area contributed by atoms with Crippen LogP contribution in [0.2, 0.25) is 0 Å². The second-order valence-electron chi connectivity index (χ2n) is 7.40. The molecule has 0 spiro atoms. The first-order valence-electron chi connectivity index (χ1n) is 10.4. The molecule has 1 aromatic carbocycles. The minimum Gasteiger partial charge on any atom is -0.462 e. The summed E-state index contributed by atoms with van der Waals surface area (Å²) in [6.07, 6.45) is 3.79. The molecule has 0 saturated heterocycles. The van der Waals surface area contributed by atoms with Crippen molar-refractivity contribution in [2.75, 3.05) is 11.9 Å². The number of aromatic nitrogens is 2. The summed E-state index contributed by atoms with van der Waals surface area (Å²) in [5.74, 6) is -0.865. The number of unbranched alkanes of at least 4 members (excludes halogenated alkanes) is 1. The van der Waals surface area contributed by atoms with Crippen molar-refractivity contribution in [3.05, 3.63) is 57.0 Å². The Bertz CT molecular complexity index is 1170. The fourth-order valence-electron chi connectivity index (χ4n) is 3.31. The molecule has 31 heavy (non-hydrogen) atoms. The number of fused-ring (bicyclic) bond motifs is 1. The summed E-state index contributed by atoms with van der Waals surface area (Å²) in [7, 11) is 0. The molecule has 2 aromatic heterocycles. The molecular weight excluding hydrogens is 414 g/mol. The Hall–Kier alpha value is -3.00. The first-order valence-corrected chi connectivity index (χ1v) is 11.3. The molecule has 7 nitrogen and oxygen atoms in total. The van der Waals surface area contributed by atoms with E-state index in [2.05, 4.69) is 10.3 Å². The van der Waals surface area contributed by atoms with Crippen molar-refractivity contribution in [2.45, 2.75) is 53.0 Å². The molecule has 0 radical (unpaired) electrons. The molecule has 0 bridgehead atoms. The quantitative estimate of drug-likeness (QED) is 0.411. The molecule has 3 aromatic rings. The van der Waals surface area contributed by atoms with E-state index in [-0.39, 0.29) is 16.9 Å². The van der Waals surface area contributed by atoms with Gasteiger partial charge < -0.3 is 10.1 Å². The first-order chi connectivity index (χ1) is 14.9. The number of thiophene rings is 1. The van der Waals surface area contributed by atoms with Gasteiger partial charge >= 0.3 is 5.97 Å². The summed E-state index contributed by atoms with van der Waals surface area (Å²) >= 11 is 1.21. The van der Waals surface area contributed by atoms with E-state index in [1.165, 1.54) is 22.2 Å². The van der Waals surface area contributed by atoms with Gasteiger partial charge in [-0.3, -0.25) is 14.2 Å². The van der Waals surface area contributed by atoms with E-state index in [9.17, 15) is 14.4 Å². The largest absolute Gasteiger partial charge is 0.462 e. The van der Waals surface area contributed by atoms with Crippen molar-refractivity contribution in [1.29, 1.82) is 0 Å². The number of nitrogens with zero attached hydrogens (tertiary/aromatic N) is 2. The fourth-order valence-corrected chi connectivity index (χ4v) is 4.18. The number of nitrogens with one attached hydrogen (secondary N) is 1. The number of rotatable bonds is 8. The normalized spacial score (nSPS) is 12.0.